The fourth-order valence-corrected chi connectivity index (χ4v) is 3.40. The molecule has 0 unspecified atom stereocenters. The molecule has 3 aromatic rings. The Morgan fingerprint density at radius 3 is 2.73 bits per heavy atom. The molecule has 0 saturated carbocycles. The van der Waals surface area contributed by atoms with Crippen molar-refractivity contribution in [1.29, 1.82) is 0 Å². The SMILES string of the molecule is Nc1c(NCCc2cccs2)ncnc1NNC(=O)c1ccccc1Br. The summed E-state index contributed by atoms with van der Waals surface area (Å²) in [6.07, 6.45) is 2.26. The maximum atomic E-state index is 12.2. The molecule has 5 N–H and O–H groups in total. The lowest BCUT2D eigenvalue weighted by Gasteiger charge is -2.13. The molecule has 0 saturated heterocycles. The Morgan fingerprint density at radius 2 is 1.96 bits per heavy atom. The van der Waals surface area contributed by atoms with E-state index in [4.69, 9.17) is 5.73 Å². The fraction of sp³-hybridized carbons (Fsp3) is 0.118. The third-order valence-electron chi connectivity index (χ3n) is 3.54. The summed E-state index contributed by atoms with van der Waals surface area (Å²) in [5.41, 5.74) is 12.3. The topological polar surface area (TPSA) is 105 Å². The molecule has 134 valence electrons. The van der Waals surface area contributed by atoms with E-state index in [1.165, 1.54) is 11.2 Å². The quantitative estimate of drug-likeness (QED) is 0.427. The number of thiophene rings is 1. The lowest BCUT2D eigenvalue weighted by molar-refractivity contribution is 0.0962. The number of benzene rings is 1. The second-order valence-corrected chi connectivity index (χ2v) is 7.19. The van der Waals surface area contributed by atoms with Gasteiger partial charge in [0.1, 0.15) is 12.0 Å². The Bertz CT molecular complexity index is 887. The second-order valence-electron chi connectivity index (χ2n) is 5.30. The molecule has 0 bridgehead atoms. The normalized spacial score (nSPS) is 10.3. The van der Waals surface area contributed by atoms with Crippen molar-refractivity contribution < 1.29 is 4.79 Å². The second kappa shape index (κ2) is 8.63. The number of aromatic nitrogens is 2. The van der Waals surface area contributed by atoms with Crippen LogP contribution in [0.1, 0.15) is 15.2 Å². The monoisotopic (exact) mass is 432 g/mol. The molecule has 0 fully saturated rings. The van der Waals surface area contributed by atoms with E-state index in [0.29, 0.717) is 33.9 Å². The zero-order valence-corrected chi connectivity index (χ0v) is 16.1. The van der Waals surface area contributed by atoms with Crippen LogP contribution in [0.2, 0.25) is 0 Å². The summed E-state index contributed by atoms with van der Waals surface area (Å²) in [4.78, 5) is 21.7. The largest absolute Gasteiger partial charge is 0.393 e. The van der Waals surface area contributed by atoms with Crippen molar-refractivity contribution >= 4 is 50.5 Å². The standard InChI is InChI=1S/C17H17BrN6OS/c18-13-6-2-1-5-12(13)17(25)24-23-16-14(19)15(21-10-22-16)20-8-7-11-4-3-9-26-11/h1-6,9-10H,7-8,19H2,(H,24,25)(H2,20,21,22,23). The third kappa shape index (κ3) is 4.50. The van der Waals surface area contributed by atoms with Crippen LogP contribution in [0.3, 0.4) is 0 Å². The highest BCUT2D eigenvalue weighted by Gasteiger charge is 2.11. The Balaban J connectivity index is 1.60. The summed E-state index contributed by atoms with van der Waals surface area (Å²) in [6.45, 7) is 0.699. The predicted molar refractivity (Wildman–Crippen MR) is 108 cm³/mol. The van der Waals surface area contributed by atoms with Gasteiger partial charge in [-0.3, -0.25) is 15.6 Å². The van der Waals surface area contributed by atoms with E-state index >= 15 is 0 Å². The average Bonchev–Trinajstić information content (AvgIpc) is 3.16. The Hall–Kier alpha value is -2.65. The maximum Gasteiger partial charge on any atom is 0.270 e. The molecule has 0 radical (unpaired) electrons. The van der Waals surface area contributed by atoms with Gasteiger partial charge in [-0.1, -0.05) is 18.2 Å². The van der Waals surface area contributed by atoms with Crippen molar-refractivity contribution in [2.75, 3.05) is 23.0 Å². The summed E-state index contributed by atoms with van der Waals surface area (Å²) < 4.78 is 0.700. The molecule has 9 heteroatoms. The first-order valence-corrected chi connectivity index (χ1v) is 9.50. The van der Waals surface area contributed by atoms with Crippen molar-refractivity contribution in [1.82, 2.24) is 15.4 Å². The number of carbonyl (C=O) groups is 1. The number of hydrazine groups is 1. The van der Waals surface area contributed by atoms with Gasteiger partial charge in [0.2, 0.25) is 0 Å². The summed E-state index contributed by atoms with van der Waals surface area (Å²) in [7, 11) is 0. The molecular weight excluding hydrogens is 416 g/mol. The smallest absolute Gasteiger partial charge is 0.270 e. The Labute approximate surface area is 163 Å². The first-order valence-electron chi connectivity index (χ1n) is 7.83. The van der Waals surface area contributed by atoms with Crippen LogP contribution in [0, 0.1) is 0 Å². The van der Waals surface area contributed by atoms with Gasteiger partial charge in [-0.2, -0.15) is 0 Å². The molecule has 2 aromatic heterocycles. The van der Waals surface area contributed by atoms with E-state index < -0.39 is 0 Å². The van der Waals surface area contributed by atoms with E-state index in [2.05, 4.69) is 48.1 Å². The number of nitrogen functional groups attached to an aromatic ring is 1. The third-order valence-corrected chi connectivity index (χ3v) is 5.17. The molecule has 0 spiro atoms. The van der Waals surface area contributed by atoms with Gasteiger partial charge >= 0.3 is 0 Å². The van der Waals surface area contributed by atoms with Crippen LogP contribution in [0.15, 0.2) is 52.6 Å². The van der Waals surface area contributed by atoms with E-state index in [-0.39, 0.29) is 5.91 Å². The first kappa shape index (κ1) is 18.2. The molecule has 0 atom stereocenters. The average molecular weight is 433 g/mol. The van der Waals surface area contributed by atoms with Gasteiger partial charge in [-0.05, 0) is 45.9 Å². The lowest BCUT2D eigenvalue weighted by Crippen LogP contribution is -2.30. The molecule has 3 rings (SSSR count). The number of amides is 1. The molecule has 1 amide bonds. The molecular formula is C17H17BrN6OS. The molecule has 26 heavy (non-hydrogen) atoms. The van der Waals surface area contributed by atoms with Gasteiger partial charge in [0.05, 0.1) is 5.56 Å². The minimum absolute atomic E-state index is 0.303. The van der Waals surface area contributed by atoms with Crippen molar-refractivity contribution in [3.05, 3.63) is 63.0 Å². The number of carbonyl (C=O) groups excluding carboxylic acids is 1. The Morgan fingerprint density at radius 1 is 1.15 bits per heavy atom. The van der Waals surface area contributed by atoms with Crippen LogP contribution >= 0.6 is 27.3 Å². The molecule has 0 aliphatic heterocycles. The van der Waals surface area contributed by atoms with Crippen molar-refractivity contribution in [2.45, 2.75) is 6.42 Å². The minimum atomic E-state index is -0.303. The van der Waals surface area contributed by atoms with Gasteiger partial charge in [0.25, 0.3) is 5.91 Å². The molecule has 0 aliphatic carbocycles. The van der Waals surface area contributed by atoms with Crippen LogP contribution in [0.4, 0.5) is 17.3 Å². The first-order chi connectivity index (χ1) is 12.6. The highest BCUT2D eigenvalue weighted by Crippen LogP contribution is 2.22. The number of hydrogen-bond acceptors (Lipinski definition) is 7. The summed E-state index contributed by atoms with van der Waals surface area (Å²) in [5, 5.41) is 5.24. The van der Waals surface area contributed by atoms with Crippen LogP contribution in [-0.2, 0) is 6.42 Å². The number of nitrogens with zero attached hydrogens (tertiary/aromatic N) is 2. The van der Waals surface area contributed by atoms with E-state index in [1.54, 1.807) is 29.5 Å². The van der Waals surface area contributed by atoms with Gasteiger partial charge in [0.15, 0.2) is 11.6 Å². The predicted octanol–water partition coefficient (Wildman–Crippen LogP) is 3.29. The lowest BCUT2D eigenvalue weighted by atomic mass is 10.2. The molecule has 1 aromatic carbocycles. The van der Waals surface area contributed by atoms with Gasteiger partial charge < -0.3 is 11.1 Å². The van der Waals surface area contributed by atoms with Gasteiger partial charge in [0, 0.05) is 15.9 Å². The summed E-state index contributed by atoms with van der Waals surface area (Å²) in [5.74, 6) is 0.552. The van der Waals surface area contributed by atoms with E-state index in [1.807, 2.05) is 17.5 Å². The zero-order chi connectivity index (χ0) is 18.4. The van der Waals surface area contributed by atoms with Crippen LogP contribution in [0.5, 0.6) is 0 Å². The van der Waals surface area contributed by atoms with Gasteiger partial charge in [-0.25, -0.2) is 9.97 Å². The van der Waals surface area contributed by atoms with Crippen LogP contribution < -0.4 is 21.9 Å². The van der Waals surface area contributed by atoms with Crippen molar-refractivity contribution in [3.8, 4) is 0 Å². The summed E-state index contributed by atoms with van der Waals surface area (Å²) in [6, 6.07) is 11.2. The van der Waals surface area contributed by atoms with E-state index in [9.17, 15) is 4.79 Å². The van der Waals surface area contributed by atoms with Gasteiger partial charge in [-0.15, -0.1) is 11.3 Å². The number of nitrogens with two attached hydrogens (primary N) is 1. The highest BCUT2D eigenvalue weighted by atomic mass is 79.9. The number of nitrogens with one attached hydrogen (secondary N) is 3. The summed E-state index contributed by atoms with van der Waals surface area (Å²) >= 11 is 5.05. The maximum absolute atomic E-state index is 12.2. The fourth-order valence-electron chi connectivity index (χ4n) is 2.22. The minimum Gasteiger partial charge on any atom is -0.393 e. The highest BCUT2D eigenvalue weighted by molar-refractivity contribution is 9.10. The molecule has 2 heterocycles. The van der Waals surface area contributed by atoms with E-state index in [0.717, 1.165) is 6.42 Å². The molecule has 7 nitrogen and oxygen atoms in total. The number of hydrogen-bond donors (Lipinski definition) is 4. The van der Waals surface area contributed by atoms with Crippen LogP contribution in [0.25, 0.3) is 0 Å². The molecule has 0 aliphatic rings. The van der Waals surface area contributed by atoms with Crippen molar-refractivity contribution in [3.63, 3.8) is 0 Å². The number of halogens is 1. The number of rotatable bonds is 7. The van der Waals surface area contributed by atoms with Crippen LogP contribution in [-0.4, -0.2) is 22.4 Å². The Kier molecular flexibility index (Phi) is 6.03. The van der Waals surface area contributed by atoms with Crippen molar-refractivity contribution in [2.24, 2.45) is 0 Å². The zero-order valence-electron chi connectivity index (χ0n) is 13.7. The number of anilines is 3.